The number of hydrogen-bond acceptors (Lipinski definition) is 4. The van der Waals surface area contributed by atoms with Crippen molar-refractivity contribution in [2.24, 2.45) is 0 Å². The van der Waals surface area contributed by atoms with Crippen molar-refractivity contribution in [2.75, 3.05) is 20.5 Å². The van der Waals surface area contributed by atoms with E-state index < -0.39 is 0 Å². The van der Waals surface area contributed by atoms with Gasteiger partial charge in [-0.25, -0.2) is 0 Å². The molecule has 0 fully saturated rings. The lowest BCUT2D eigenvalue weighted by Crippen LogP contribution is -2.27. The minimum Gasteiger partial charge on any atom is -0.454 e. The van der Waals surface area contributed by atoms with Crippen LogP contribution in [0.3, 0.4) is 0 Å². The second-order valence-electron chi connectivity index (χ2n) is 4.14. The fourth-order valence-electron chi connectivity index (χ4n) is 1.77. The Morgan fingerprint density at radius 1 is 1.44 bits per heavy atom. The van der Waals surface area contributed by atoms with E-state index in [2.05, 4.69) is 5.32 Å². The number of hydrogen-bond donors (Lipinski definition) is 1. The van der Waals surface area contributed by atoms with Crippen LogP contribution >= 0.6 is 0 Å². The molecule has 0 aliphatic carbocycles. The van der Waals surface area contributed by atoms with Gasteiger partial charge in [-0.2, -0.15) is 0 Å². The number of fused-ring (bicyclic) bond motifs is 1. The van der Waals surface area contributed by atoms with Gasteiger partial charge in [-0.3, -0.25) is 4.79 Å². The Labute approximate surface area is 106 Å². The number of carbonyl (C=O) groups is 1. The summed E-state index contributed by atoms with van der Waals surface area (Å²) in [7, 11) is 1.58. The molecule has 1 unspecified atom stereocenters. The maximum absolute atomic E-state index is 11.6. The highest BCUT2D eigenvalue weighted by Crippen LogP contribution is 2.34. The normalized spacial score (nSPS) is 14.3. The van der Waals surface area contributed by atoms with Crippen molar-refractivity contribution < 1.29 is 19.0 Å². The van der Waals surface area contributed by atoms with Crippen LogP contribution in [-0.2, 0) is 9.53 Å². The van der Waals surface area contributed by atoms with Crippen molar-refractivity contribution in [2.45, 2.75) is 19.4 Å². The van der Waals surface area contributed by atoms with E-state index in [9.17, 15) is 4.79 Å². The predicted molar refractivity (Wildman–Crippen MR) is 65.6 cm³/mol. The van der Waals surface area contributed by atoms with Crippen LogP contribution in [-0.4, -0.2) is 26.4 Å². The van der Waals surface area contributed by atoms with Crippen LogP contribution in [0.25, 0.3) is 0 Å². The molecule has 1 aliphatic heterocycles. The first-order valence-corrected chi connectivity index (χ1v) is 5.88. The van der Waals surface area contributed by atoms with Gasteiger partial charge in [0.25, 0.3) is 0 Å². The van der Waals surface area contributed by atoms with E-state index in [0.29, 0.717) is 13.0 Å². The smallest absolute Gasteiger partial charge is 0.231 e. The lowest BCUT2D eigenvalue weighted by atomic mass is 10.1. The molecule has 0 radical (unpaired) electrons. The Morgan fingerprint density at radius 2 is 2.22 bits per heavy atom. The molecule has 5 nitrogen and oxygen atoms in total. The molecule has 0 saturated carbocycles. The number of rotatable bonds is 5. The van der Waals surface area contributed by atoms with Gasteiger partial charge in [-0.15, -0.1) is 0 Å². The molecule has 1 aromatic rings. The van der Waals surface area contributed by atoms with Crippen molar-refractivity contribution in [3.05, 3.63) is 23.8 Å². The second-order valence-corrected chi connectivity index (χ2v) is 4.14. The highest BCUT2D eigenvalue weighted by atomic mass is 16.7. The molecule has 0 spiro atoms. The minimum atomic E-state index is -0.0659. The molecule has 98 valence electrons. The molecular weight excluding hydrogens is 234 g/mol. The van der Waals surface area contributed by atoms with E-state index in [4.69, 9.17) is 14.2 Å². The first-order chi connectivity index (χ1) is 8.70. The highest BCUT2D eigenvalue weighted by Gasteiger charge is 2.16. The quantitative estimate of drug-likeness (QED) is 0.864. The van der Waals surface area contributed by atoms with E-state index in [0.717, 1.165) is 17.1 Å². The Hall–Kier alpha value is -1.75. The maximum Gasteiger partial charge on any atom is 0.231 e. The van der Waals surface area contributed by atoms with Gasteiger partial charge in [0.05, 0.1) is 12.6 Å². The molecule has 1 aromatic carbocycles. The van der Waals surface area contributed by atoms with Crippen molar-refractivity contribution in [1.29, 1.82) is 0 Å². The number of carbonyl (C=O) groups excluding carboxylic acids is 1. The zero-order chi connectivity index (χ0) is 13.0. The van der Waals surface area contributed by atoms with Gasteiger partial charge >= 0.3 is 0 Å². The Bertz CT molecular complexity index is 433. The lowest BCUT2D eigenvalue weighted by molar-refractivity contribution is -0.122. The van der Waals surface area contributed by atoms with Crippen LogP contribution in [0.1, 0.15) is 24.9 Å². The zero-order valence-electron chi connectivity index (χ0n) is 10.6. The van der Waals surface area contributed by atoms with Gasteiger partial charge in [0.15, 0.2) is 11.5 Å². The summed E-state index contributed by atoms with van der Waals surface area (Å²) in [6, 6.07) is 5.61. The van der Waals surface area contributed by atoms with Gasteiger partial charge < -0.3 is 19.5 Å². The van der Waals surface area contributed by atoms with Crippen LogP contribution in [0, 0.1) is 0 Å². The van der Waals surface area contributed by atoms with E-state index in [1.54, 1.807) is 7.11 Å². The summed E-state index contributed by atoms with van der Waals surface area (Å²) in [5, 5.41) is 2.91. The predicted octanol–water partition coefficient (Wildman–Crippen LogP) is 1.63. The maximum atomic E-state index is 11.6. The summed E-state index contributed by atoms with van der Waals surface area (Å²) in [5.74, 6) is 1.45. The Morgan fingerprint density at radius 3 is 3.00 bits per heavy atom. The number of ether oxygens (including phenoxy) is 3. The van der Waals surface area contributed by atoms with Crippen molar-refractivity contribution >= 4 is 5.91 Å². The van der Waals surface area contributed by atoms with Crippen LogP contribution in [0.2, 0.25) is 0 Å². The third-order valence-electron chi connectivity index (χ3n) is 2.81. The molecule has 0 saturated heterocycles. The number of benzene rings is 1. The van der Waals surface area contributed by atoms with Crippen LogP contribution in [0.15, 0.2) is 18.2 Å². The molecular formula is C13H17NO4. The fraction of sp³-hybridized carbons (Fsp3) is 0.462. The lowest BCUT2D eigenvalue weighted by Gasteiger charge is -2.14. The second kappa shape index (κ2) is 5.73. The van der Waals surface area contributed by atoms with Crippen LogP contribution in [0.5, 0.6) is 11.5 Å². The Balaban J connectivity index is 1.96. The Kier molecular flexibility index (Phi) is 4.04. The van der Waals surface area contributed by atoms with Crippen LogP contribution < -0.4 is 14.8 Å². The molecule has 1 heterocycles. The summed E-state index contributed by atoms with van der Waals surface area (Å²) < 4.78 is 15.4. The van der Waals surface area contributed by atoms with E-state index in [1.165, 1.54) is 0 Å². The van der Waals surface area contributed by atoms with Crippen molar-refractivity contribution in [3.63, 3.8) is 0 Å². The van der Waals surface area contributed by atoms with Gasteiger partial charge in [-0.05, 0) is 24.6 Å². The summed E-state index contributed by atoms with van der Waals surface area (Å²) >= 11 is 0. The fourth-order valence-corrected chi connectivity index (χ4v) is 1.77. The van der Waals surface area contributed by atoms with Crippen molar-refractivity contribution in [1.82, 2.24) is 5.32 Å². The van der Waals surface area contributed by atoms with E-state index >= 15 is 0 Å². The third-order valence-corrected chi connectivity index (χ3v) is 2.81. The summed E-state index contributed by atoms with van der Waals surface area (Å²) in [4.78, 5) is 11.6. The van der Waals surface area contributed by atoms with Gasteiger partial charge in [0, 0.05) is 13.5 Å². The first-order valence-electron chi connectivity index (χ1n) is 5.88. The summed E-state index contributed by atoms with van der Waals surface area (Å²) in [6.45, 7) is 2.62. The molecule has 0 bridgehead atoms. The van der Waals surface area contributed by atoms with Gasteiger partial charge in [0.2, 0.25) is 12.7 Å². The standard InChI is InChI=1S/C13H17NO4/c1-9(14-13(15)5-6-16-2)10-3-4-11-12(7-10)18-8-17-11/h3-4,7,9H,5-6,8H2,1-2H3,(H,14,15). The minimum absolute atomic E-state index is 0.0259. The number of methoxy groups -OCH3 is 1. The van der Waals surface area contributed by atoms with Gasteiger partial charge in [0.1, 0.15) is 0 Å². The highest BCUT2D eigenvalue weighted by molar-refractivity contribution is 5.76. The molecule has 2 rings (SSSR count). The molecule has 1 N–H and O–H groups in total. The first kappa shape index (κ1) is 12.7. The van der Waals surface area contributed by atoms with Crippen molar-refractivity contribution in [3.8, 4) is 11.5 Å². The summed E-state index contributed by atoms with van der Waals surface area (Å²) in [6.07, 6.45) is 0.366. The molecule has 1 aliphatic rings. The van der Waals surface area contributed by atoms with Gasteiger partial charge in [-0.1, -0.05) is 6.07 Å². The van der Waals surface area contributed by atoms with E-state index in [1.807, 2.05) is 25.1 Å². The summed E-state index contributed by atoms with van der Waals surface area (Å²) in [5.41, 5.74) is 0.991. The topological polar surface area (TPSA) is 56.8 Å². The average molecular weight is 251 g/mol. The monoisotopic (exact) mass is 251 g/mol. The molecule has 0 aromatic heterocycles. The molecule has 1 atom stereocenters. The van der Waals surface area contributed by atoms with E-state index in [-0.39, 0.29) is 18.7 Å². The average Bonchev–Trinajstić information content (AvgIpc) is 2.83. The number of nitrogens with one attached hydrogen (secondary N) is 1. The largest absolute Gasteiger partial charge is 0.454 e. The zero-order valence-corrected chi connectivity index (χ0v) is 10.6. The number of amides is 1. The van der Waals surface area contributed by atoms with Crippen LogP contribution in [0.4, 0.5) is 0 Å². The molecule has 18 heavy (non-hydrogen) atoms. The SMILES string of the molecule is COCCC(=O)NC(C)c1ccc2c(c1)OCO2. The third kappa shape index (κ3) is 2.92. The molecule has 1 amide bonds. The molecule has 5 heteroatoms.